The lowest BCUT2D eigenvalue weighted by Gasteiger charge is -2.19. The molecule has 104 valence electrons. The van der Waals surface area contributed by atoms with Crippen molar-refractivity contribution < 1.29 is 14.6 Å². The fourth-order valence-electron chi connectivity index (χ4n) is 1.49. The summed E-state index contributed by atoms with van der Waals surface area (Å²) in [7, 11) is 0. The Morgan fingerprint density at radius 3 is 2.68 bits per heavy atom. The number of carbonyl (C=O) groups is 1. The molecule has 0 fully saturated rings. The van der Waals surface area contributed by atoms with Crippen molar-refractivity contribution in [2.24, 2.45) is 0 Å². The minimum Gasteiger partial charge on any atom is -0.508 e. The molecule has 0 aliphatic heterocycles. The van der Waals surface area contributed by atoms with Crippen LogP contribution in [-0.2, 0) is 4.74 Å². The molecular formula is C15H21NO3. The van der Waals surface area contributed by atoms with E-state index in [-0.39, 0.29) is 5.75 Å². The van der Waals surface area contributed by atoms with E-state index in [9.17, 15) is 9.90 Å². The molecule has 0 saturated carbocycles. The molecule has 0 aliphatic rings. The third-order valence-electron chi connectivity index (χ3n) is 2.31. The Balaban J connectivity index is 2.44. The van der Waals surface area contributed by atoms with E-state index in [2.05, 4.69) is 5.32 Å². The summed E-state index contributed by atoms with van der Waals surface area (Å²) in [4.78, 5) is 11.4. The van der Waals surface area contributed by atoms with Gasteiger partial charge in [-0.05, 0) is 51.0 Å². The monoisotopic (exact) mass is 263 g/mol. The molecule has 0 bridgehead atoms. The van der Waals surface area contributed by atoms with Gasteiger partial charge in [0.2, 0.25) is 0 Å². The van der Waals surface area contributed by atoms with Crippen LogP contribution in [0.25, 0.3) is 6.08 Å². The fourth-order valence-corrected chi connectivity index (χ4v) is 1.49. The number of amides is 1. The molecule has 4 heteroatoms. The number of ether oxygens (including phenoxy) is 1. The number of benzene rings is 1. The summed E-state index contributed by atoms with van der Waals surface area (Å²) in [6.45, 7) is 7.78. The highest BCUT2D eigenvalue weighted by molar-refractivity contribution is 5.68. The molecule has 0 atom stereocenters. The Kier molecular flexibility index (Phi) is 4.98. The third kappa shape index (κ3) is 5.95. The number of phenols is 1. The Bertz CT molecular complexity index is 473. The Hall–Kier alpha value is -1.97. The molecule has 1 aromatic rings. The summed E-state index contributed by atoms with van der Waals surface area (Å²) in [5.74, 6) is 0.251. The van der Waals surface area contributed by atoms with Gasteiger partial charge in [0.15, 0.2) is 0 Å². The largest absolute Gasteiger partial charge is 0.508 e. The van der Waals surface area contributed by atoms with Gasteiger partial charge in [0.25, 0.3) is 0 Å². The number of hydrogen-bond acceptors (Lipinski definition) is 3. The lowest BCUT2D eigenvalue weighted by atomic mass is 10.1. The van der Waals surface area contributed by atoms with Crippen molar-refractivity contribution in [3.8, 4) is 5.75 Å². The molecule has 0 aromatic heterocycles. The van der Waals surface area contributed by atoms with Crippen LogP contribution in [0.5, 0.6) is 5.75 Å². The summed E-state index contributed by atoms with van der Waals surface area (Å²) in [6.07, 6.45) is 3.30. The van der Waals surface area contributed by atoms with Crippen molar-refractivity contribution in [3.63, 3.8) is 0 Å². The van der Waals surface area contributed by atoms with E-state index < -0.39 is 11.7 Å². The number of phenolic OH excluding ortho intramolecular Hbond substituents is 1. The van der Waals surface area contributed by atoms with Gasteiger partial charge in [-0.1, -0.05) is 18.2 Å². The highest BCUT2D eigenvalue weighted by Crippen LogP contribution is 2.16. The highest BCUT2D eigenvalue weighted by atomic mass is 16.6. The van der Waals surface area contributed by atoms with Gasteiger partial charge < -0.3 is 15.2 Å². The maximum atomic E-state index is 11.4. The average molecular weight is 263 g/mol. The van der Waals surface area contributed by atoms with Crippen LogP contribution in [0.3, 0.4) is 0 Å². The molecular weight excluding hydrogens is 242 g/mol. The molecule has 0 heterocycles. The smallest absolute Gasteiger partial charge is 0.407 e. The third-order valence-corrected chi connectivity index (χ3v) is 2.31. The second-order valence-electron chi connectivity index (χ2n) is 5.33. The number of rotatable bonds is 3. The van der Waals surface area contributed by atoms with Crippen molar-refractivity contribution in [2.45, 2.75) is 33.3 Å². The maximum absolute atomic E-state index is 11.4. The van der Waals surface area contributed by atoms with Crippen LogP contribution in [-0.4, -0.2) is 23.3 Å². The summed E-state index contributed by atoms with van der Waals surface area (Å²) in [5, 5.41) is 11.9. The van der Waals surface area contributed by atoms with Gasteiger partial charge in [0.05, 0.1) is 0 Å². The van der Waals surface area contributed by atoms with Crippen molar-refractivity contribution in [3.05, 3.63) is 35.4 Å². The second-order valence-corrected chi connectivity index (χ2v) is 5.33. The molecule has 0 unspecified atom stereocenters. The average Bonchev–Trinajstić information content (AvgIpc) is 2.24. The van der Waals surface area contributed by atoms with E-state index in [0.717, 1.165) is 11.1 Å². The Morgan fingerprint density at radius 2 is 2.11 bits per heavy atom. The predicted molar refractivity (Wildman–Crippen MR) is 76.1 cm³/mol. The molecule has 0 radical (unpaired) electrons. The van der Waals surface area contributed by atoms with E-state index in [1.165, 1.54) is 0 Å². The lowest BCUT2D eigenvalue weighted by Crippen LogP contribution is -2.32. The number of nitrogens with one attached hydrogen (secondary N) is 1. The first kappa shape index (κ1) is 15.1. The lowest BCUT2D eigenvalue weighted by molar-refractivity contribution is 0.0534. The highest BCUT2D eigenvalue weighted by Gasteiger charge is 2.14. The maximum Gasteiger partial charge on any atom is 0.407 e. The van der Waals surface area contributed by atoms with Crippen LogP contribution in [0.1, 0.15) is 31.9 Å². The number of hydrogen-bond donors (Lipinski definition) is 2. The molecule has 0 spiro atoms. The van der Waals surface area contributed by atoms with Crippen LogP contribution in [0.4, 0.5) is 4.79 Å². The topological polar surface area (TPSA) is 58.6 Å². The zero-order chi connectivity index (χ0) is 14.5. The molecule has 1 rings (SSSR count). The first-order valence-electron chi connectivity index (χ1n) is 6.21. The van der Waals surface area contributed by atoms with Crippen molar-refractivity contribution in [1.82, 2.24) is 5.32 Å². The quantitative estimate of drug-likeness (QED) is 0.880. The fraction of sp³-hybridized carbons (Fsp3) is 0.400. The van der Waals surface area contributed by atoms with E-state index in [0.29, 0.717) is 6.54 Å². The number of carbonyl (C=O) groups excluding carboxylic acids is 1. The van der Waals surface area contributed by atoms with Crippen LogP contribution < -0.4 is 5.32 Å². The molecule has 0 saturated heterocycles. The molecule has 1 amide bonds. The van der Waals surface area contributed by atoms with Gasteiger partial charge in [-0.25, -0.2) is 4.79 Å². The first-order valence-corrected chi connectivity index (χ1v) is 6.21. The van der Waals surface area contributed by atoms with Crippen LogP contribution in [0.2, 0.25) is 0 Å². The summed E-state index contributed by atoms with van der Waals surface area (Å²) < 4.78 is 5.11. The SMILES string of the molecule is Cc1cc(O)ccc1C=CCNC(=O)OC(C)(C)C. The number of aromatic hydroxyl groups is 1. The molecule has 4 nitrogen and oxygen atoms in total. The van der Waals surface area contributed by atoms with E-state index in [1.54, 1.807) is 12.1 Å². The van der Waals surface area contributed by atoms with Crippen LogP contribution >= 0.6 is 0 Å². The van der Waals surface area contributed by atoms with Gasteiger partial charge in [-0.15, -0.1) is 0 Å². The zero-order valence-corrected chi connectivity index (χ0v) is 11.9. The predicted octanol–water partition coefficient (Wildman–Crippen LogP) is 3.24. The molecule has 2 N–H and O–H groups in total. The second kappa shape index (κ2) is 6.27. The van der Waals surface area contributed by atoms with Crippen LogP contribution in [0.15, 0.2) is 24.3 Å². The van der Waals surface area contributed by atoms with Crippen molar-refractivity contribution in [2.75, 3.05) is 6.54 Å². The number of aryl methyl sites for hydroxylation is 1. The molecule has 19 heavy (non-hydrogen) atoms. The minimum atomic E-state index is -0.485. The van der Waals surface area contributed by atoms with E-state index in [1.807, 2.05) is 45.9 Å². The first-order chi connectivity index (χ1) is 8.78. The van der Waals surface area contributed by atoms with Gasteiger partial charge in [-0.3, -0.25) is 0 Å². The number of alkyl carbamates (subject to hydrolysis) is 1. The van der Waals surface area contributed by atoms with Crippen LogP contribution in [0, 0.1) is 6.92 Å². The molecule has 0 aliphatic carbocycles. The Labute approximate surface area is 114 Å². The van der Waals surface area contributed by atoms with Gasteiger partial charge in [0, 0.05) is 6.54 Å². The normalized spacial score (nSPS) is 11.6. The summed E-state index contributed by atoms with van der Waals surface area (Å²) >= 11 is 0. The minimum absolute atomic E-state index is 0.251. The van der Waals surface area contributed by atoms with E-state index in [4.69, 9.17) is 4.74 Å². The summed E-state index contributed by atoms with van der Waals surface area (Å²) in [6, 6.07) is 5.16. The van der Waals surface area contributed by atoms with Gasteiger partial charge >= 0.3 is 6.09 Å². The van der Waals surface area contributed by atoms with Crippen molar-refractivity contribution >= 4 is 12.2 Å². The van der Waals surface area contributed by atoms with E-state index >= 15 is 0 Å². The summed E-state index contributed by atoms with van der Waals surface area (Å²) in [5.41, 5.74) is 1.50. The van der Waals surface area contributed by atoms with Gasteiger partial charge in [0.1, 0.15) is 11.4 Å². The molecule has 1 aromatic carbocycles. The standard InChI is InChI=1S/C15H21NO3/c1-11-10-13(17)8-7-12(11)6-5-9-16-14(18)19-15(2,3)4/h5-8,10,17H,9H2,1-4H3,(H,16,18). The Morgan fingerprint density at radius 1 is 1.42 bits per heavy atom. The van der Waals surface area contributed by atoms with Gasteiger partial charge in [-0.2, -0.15) is 0 Å². The van der Waals surface area contributed by atoms with Crippen molar-refractivity contribution in [1.29, 1.82) is 0 Å². The zero-order valence-electron chi connectivity index (χ0n) is 11.9.